The summed E-state index contributed by atoms with van der Waals surface area (Å²) in [5.74, 6) is 0.649. The molecule has 1 fully saturated rings. The van der Waals surface area contributed by atoms with Crippen molar-refractivity contribution in [2.75, 3.05) is 23.5 Å². The van der Waals surface area contributed by atoms with Crippen LogP contribution in [0.15, 0.2) is 52.9 Å². The molecule has 3 aromatic heterocycles. The Morgan fingerprint density at radius 2 is 1.97 bits per heavy atom. The summed E-state index contributed by atoms with van der Waals surface area (Å²) in [5, 5.41) is 7.49. The number of nitrogens with zero attached hydrogens (tertiary/aromatic N) is 6. The molecule has 3 heterocycles. The summed E-state index contributed by atoms with van der Waals surface area (Å²) >= 11 is 2.57. The molecule has 4 aromatic rings. The van der Waals surface area contributed by atoms with Crippen molar-refractivity contribution in [3.8, 4) is 0 Å². The van der Waals surface area contributed by atoms with Gasteiger partial charge in [0.25, 0.3) is 10.0 Å². The van der Waals surface area contributed by atoms with Gasteiger partial charge in [-0.25, -0.2) is 27.2 Å². The second kappa shape index (κ2) is 10.3. The lowest BCUT2D eigenvalue weighted by Crippen LogP contribution is -2.38. The Kier molecular flexibility index (Phi) is 7.05. The fourth-order valence-corrected chi connectivity index (χ4v) is 6.91. The molecule has 14 heteroatoms. The van der Waals surface area contributed by atoms with Crippen molar-refractivity contribution in [3.63, 3.8) is 0 Å². The second-order valence-corrected chi connectivity index (χ2v) is 12.2. The second-order valence-electron chi connectivity index (χ2n) is 8.82. The van der Waals surface area contributed by atoms with Gasteiger partial charge in [0.15, 0.2) is 5.65 Å². The number of fused-ring (bicyclic) bond motifs is 1. The van der Waals surface area contributed by atoms with Gasteiger partial charge in [-0.1, -0.05) is 29.5 Å². The summed E-state index contributed by atoms with van der Waals surface area (Å²) < 4.78 is 31.9. The fraction of sp³-hybridized carbons (Fsp3) is 0.348. The number of hydrogen-bond donors (Lipinski definition) is 2. The number of anilines is 2. The minimum absolute atomic E-state index is 0.00997. The summed E-state index contributed by atoms with van der Waals surface area (Å²) in [7, 11) is -1.87. The Labute approximate surface area is 222 Å². The lowest BCUT2D eigenvalue weighted by Gasteiger charge is -2.26. The maximum absolute atomic E-state index is 13.3. The van der Waals surface area contributed by atoms with Gasteiger partial charge in [-0.15, -0.1) is 0 Å². The number of carbonyl (C=O) groups is 1. The number of benzene rings is 1. The van der Waals surface area contributed by atoms with E-state index in [1.54, 1.807) is 30.3 Å². The topological polar surface area (TPSA) is 135 Å². The van der Waals surface area contributed by atoms with Crippen LogP contribution < -0.4 is 15.5 Å². The maximum atomic E-state index is 13.3. The summed E-state index contributed by atoms with van der Waals surface area (Å²) in [4.78, 5) is 27.7. The van der Waals surface area contributed by atoms with Crippen LogP contribution in [0.3, 0.4) is 0 Å². The predicted molar refractivity (Wildman–Crippen MR) is 145 cm³/mol. The molecule has 2 amide bonds. The highest BCUT2D eigenvalue weighted by atomic mass is 32.2. The summed E-state index contributed by atoms with van der Waals surface area (Å²) in [6.45, 7) is 1.91. The third-order valence-electron chi connectivity index (χ3n) is 6.44. The molecule has 0 saturated heterocycles. The van der Waals surface area contributed by atoms with Gasteiger partial charge in [-0.3, -0.25) is 5.32 Å². The van der Waals surface area contributed by atoms with Crippen molar-refractivity contribution in [2.45, 2.75) is 48.3 Å². The van der Waals surface area contributed by atoms with Crippen LogP contribution in [0.5, 0.6) is 0 Å². The molecule has 1 aliphatic carbocycles. The van der Waals surface area contributed by atoms with Crippen LogP contribution in [0, 0.1) is 6.92 Å². The molecule has 0 radical (unpaired) electrons. The van der Waals surface area contributed by atoms with E-state index in [2.05, 4.69) is 30.0 Å². The van der Waals surface area contributed by atoms with Gasteiger partial charge in [0.2, 0.25) is 10.3 Å². The zero-order valence-electron chi connectivity index (χ0n) is 20.5. The van der Waals surface area contributed by atoms with Crippen molar-refractivity contribution >= 4 is 61.3 Å². The number of aryl methyl sites for hydroxylation is 1. The molecule has 0 bridgehead atoms. The van der Waals surface area contributed by atoms with Crippen molar-refractivity contribution < 1.29 is 13.2 Å². The normalized spacial score (nSPS) is 17.7. The van der Waals surface area contributed by atoms with Crippen molar-refractivity contribution in [3.05, 3.63) is 48.4 Å². The Bertz CT molecular complexity index is 1530. The summed E-state index contributed by atoms with van der Waals surface area (Å²) in [6, 6.07) is 8.27. The third kappa shape index (κ3) is 5.13. The lowest BCUT2D eigenvalue weighted by atomic mass is 10.2. The number of carbonyl (C=O) groups excluding carboxylic acids is 1. The van der Waals surface area contributed by atoms with E-state index in [1.165, 1.54) is 28.3 Å². The number of urea groups is 1. The standard InChI is InChI=1S/C23H26N8O3S3/c1-14-4-8-17(9-5-14)37(33,34)31-11-10-18-19(24-13-25-20(18)31)30(2)16-7-6-15(12-16)26-21(32)27-22-28-23(35-3)29-36-22/h4-5,8-11,13,15-16H,6-7,12H2,1-3H3,(H2,26,27,28,29,32)/t15-,16+/m1/s1. The molecule has 1 aliphatic rings. The molecule has 1 aromatic carbocycles. The smallest absolute Gasteiger partial charge is 0.321 e. The number of amides is 2. The van der Waals surface area contributed by atoms with Crippen LogP contribution in [0.25, 0.3) is 11.0 Å². The molecule has 2 atom stereocenters. The van der Waals surface area contributed by atoms with Gasteiger partial charge in [0, 0.05) is 36.9 Å². The van der Waals surface area contributed by atoms with Crippen LogP contribution in [0.4, 0.5) is 15.7 Å². The van der Waals surface area contributed by atoms with Crippen LogP contribution in [0.2, 0.25) is 0 Å². The monoisotopic (exact) mass is 558 g/mol. The molecular weight excluding hydrogens is 533 g/mol. The third-order valence-corrected chi connectivity index (χ3v) is 9.41. The van der Waals surface area contributed by atoms with E-state index in [1.807, 2.05) is 25.1 Å². The molecule has 5 rings (SSSR count). The fourth-order valence-electron chi connectivity index (χ4n) is 4.49. The van der Waals surface area contributed by atoms with Crippen molar-refractivity contribution in [1.29, 1.82) is 0 Å². The van der Waals surface area contributed by atoms with Gasteiger partial charge >= 0.3 is 6.03 Å². The Morgan fingerprint density at radius 1 is 1.19 bits per heavy atom. The average Bonchev–Trinajstić information content (AvgIpc) is 3.63. The Morgan fingerprint density at radius 3 is 2.70 bits per heavy atom. The van der Waals surface area contributed by atoms with E-state index >= 15 is 0 Å². The minimum atomic E-state index is -3.81. The zero-order valence-corrected chi connectivity index (χ0v) is 22.9. The van der Waals surface area contributed by atoms with Gasteiger partial charge in [-0.05, 0) is 50.6 Å². The maximum Gasteiger partial charge on any atom is 0.321 e. The quantitative estimate of drug-likeness (QED) is 0.325. The van der Waals surface area contributed by atoms with Crippen molar-refractivity contribution in [1.82, 2.24) is 28.6 Å². The molecular formula is C23H26N8O3S3. The lowest BCUT2D eigenvalue weighted by molar-refractivity contribution is 0.248. The molecule has 2 N–H and O–H groups in total. The number of hydrogen-bond acceptors (Lipinski definition) is 10. The van der Waals surface area contributed by atoms with Crippen LogP contribution in [0.1, 0.15) is 24.8 Å². The van der Waals surface area contributed by atoms with Gasteiger partial charge in [0.05, 0.1) is 10.3 Å². The Hall–Kier alpha value is -3.23. The summed E-state index contributed by atoms with van der Waals surface area (Å²) in [5.41, 5.74) is 1.31. The average molecular weight is 559 g/mol. The van der Waals surface area contributed by atoms with Crippen LogP contribution in [-0.4, -0.2) is 63.1 Å². The van der Waals surface area contributed by atoms with E-state index in [0.717, 1.165) is 36.4 Å². The van der Waals surface area contributed by atoms with Gasteiger partial charge in [-0.2, -0.15) is 9.36 Å². The van der Waals surface area contributed by atoms with Crippen LogP contribution in [-0.2, 0) is 10.0 Å². The summed E-state index contributed by atoms with van der Waals surface area (Å²) in [6.07, 6.45) is 7.17. The van der Waals surface area contributed by atoms with Crippen molar-refractivity contribution in [2.24, 2.45) is 0 Å². The minimum Gasteiger partial charge on any atom is -0.356 e. The van der Waals surface area contributed by atoms with Crippen LogP contribution >= 0.6 is 23.3 Å². The molecule has 1 saturated carbocycles. The highest BCUT2D eigenvalue weighted by molar-refractivity contribution is 7.98. The number of rotatable bonds is 7. The first-order valence-corrected chi connectivity index (χ1v) is 15.0. The highest BCUT2D eigenvalue weighted by Gasteiger charge is 2.31. The zero-order chi connectivity index (χ0) is 26.2. The number of aromatic nitrogens is 5. The first-order valence-electron chi connectivity index (χ1n) is 11.6. The Balaban J connectivity index is 1.30. The SMILES string of the molecule is CSc1nsc(NC(=O)N[C@@H]2CC[C@H](N(C)c3ncnc4c3ccn4S(=O)(=O)c3ccc(C)cc3)C2)n1. The van der Waals surface area contributed by atoms with E-state index in [4.69, 9.17) is 0 Å². The first kappa shape index (κ1) is 25.4. The molecule has 11 nitrogen and oxygen atoms in total. The largest absolute Gasteiger partial charge is 0.356 e. The molecule has 194 valence electrons. The predicted octanol–water partition coefficient (Wildman–Crippen LogP) is 3.73. The van der Waals surface area contributed by atoms with E-state index < -0.39 is 10.0 Å². The van der Waals surface area contributed by atoms with E-state index in [9.17, 15) is 13.2 Å². The molecule has 0 aliphatic heterocycles. The van der Waals surface area contributed by atoms with E-state index in [-0.39, 0.29) is 23.0 Å². The molecule has 0 spiro atoms. The molecule has 0 unspecified atom stereocenters. The first-order chi connectivity index (χ1) is 17.8. The number of thioether (sulfide) groups is 1. The molecule has 37 heavy (non-hydrogen) atoms. The van der Waals surface area contributed by atoms with E-state index in [0.29, 0.717) is 27.1 Å². The number of nitrogens with one attached hydrogen (secondary N) is 2. The van der Waals surface area contributed by atoms with Gasteiger partial charge in [0.1, 0.15) is 12.1 Å². The highest BCUT2D eigenvalue weighted by Crippen LogP contribution is 2.32. The van der Waals surface area contributed by atoms with Gasteiger partial charge < -0.3 is 10.2 Å².